The Labute approximate surface area is 148 Å². The Morgan fingerprint density at radius 1 is 1.12 bits per heavy atom. The smallest absolute Gasteiger partial charge is 0.243 e. The highest BCUT2D eigenvalue weighted by Gasteiger charge is 2.54. The number of hydrogen-bond acceptors (Lipinski definition) is 5. The van der Waals surface area contributed by atoms with Crippen molar-refractivity contribution < 1.29 is 17.5 Å². The van der Waals surface area contributed by atoms with Gasteiger partial charge >= 0.3 is 0 Å². The molecular weight excluding hydrogens is 345 g/mol. The number of benzene rings is 1. The van der Waals surface area contributed by atoms with E-state index in [1.807, 2.05) is 0 Å². The van der Waals surface area contributed by atoms with Crippen LogP contribution in [0.4, 0.5) is 4.39 Å². The molecule has 0 N–H and O–H groups in total. The van der Waals surface area contributed by atoms with E-state index < -0.39 is 15.8 Å². The molecule has 0 radical (unpaired) electrons. The van der Waals surface area contributed by atoms with Gasteiger partial charge in [0.05, 0.1) is 17.1 Å². The lowest BCUT2D eigenvalue weighted by molar-refractivity contribution is -0.0774. The van der Waals surface area contributed by atoms with Gasteiger partial charge in [-0.2, -0.15) is 4.31 Å². The van der Waals surface area contributed by atoms with Gasteiger partial charge in [-0.3, -0.25) is 4.90 Å². The third kappa shape index (κ3) is 3.21. The SMILES string of the molecule is CN1CCN(C2COC3(C2)CN(S(=O)(=O)c2ccc(F)cc2)C3)CC1. The van der Waals surface area contributed by atoms with Crippen LogP contribution in [0, 0.1) is 5.82 Å². The monoisotopic (exact) mass is 369 g/mol. The van der Waals surface area contributed by atoms with E-state index in [1.165, 1.54) is 28.6 Å². The van der Waals surface area contributed by atoms with Gasteiger partial charge in [-0.15, -0.1) is 0 Å². The van der Waals surface area contributed by atoms with Crippen LogP contribution in [-0.2, 0) is 14.8 Å². The lowest BCUT2D eigenvalue weighted by atomic mass is 9.91. The Morgan fingerprint density at radius 2 is 1.76 bits per heavy atom. The van der Waals surface area contributed by atoms with Crippen LogP contribution in [-0.4, -0.2) is 87.1 Å². The van der Waals surface area contributed by atoms with E-state index in [9.17, 15) is 12.8 Å². The van der Waals surface area contributed by atoms with E-state index in [0.717, 1.165) is 32.6 Å². The molecule has 3 fully saturated rings. The number of piperazine rings is 1. The van der Waals surface area contributed by atoms with Gasteiger partial charge in [0, 0.05) is 45.3 Å². The molecule has 0 aromatic heterocycles. The fourth-order valence-corrected chi connectivity index (χ4v) is 5.57. The van der Waals surface area contributed by atoms with Crippen LogP contribution in [0.3, 0.4) is 0 Å². The van der Waals surface area contributed by atoms with Crippen LogP contribution < -0.4 is 0 Å². The quantitative estimate of drug-likeness (QED) is 0.781. The summed E-state index contributed by atoms with van der Waals surface area (Å²) in [6, 6.07) is 5.37. The molecule has 8 heteroatoms. The molecule has 3 saturated heterocycles. The van der Waals surface area contributed by atoms with E-state index >= 15 is 0 Å². The van der Waals surface area contributed by atoms with Crippen LogP contribution in [0.5, 0.6) is 0 Å². The van der Waals surface area contributed by atoms with Crippen LogP contribution in [0.15, 0.2) is 29.2 Å². The maximum absolute atomic E-state index is 13.0. The van der Waals surface area contributed by atoms with E-state index in [1.54, 1.807) is 0 Å². The molecule has 1 unspecified atom stereocenters. The molecule has 3 heterocycles. The summed E-state index contributed by atoms with van der Waals surface area (Å²) in [5.41, 5.74) is -0.346. The zero-order chi connectivity index (χ0) is 17.7. The summed E-state index contributed by atoms with van der Waals surface area (Å²) in [6.07, 6.45) is 0.881. The van der Waals surface area contributed by atoms with Crippen LogP contribution in [0.2, 0.25) is 0 Å². The predicted octanol–water partition coefficient (Wildman–Crippen LogP) is 0.605. The molecule has 1 aromatic rings. The third-order valence-electron chi connectivity index (χ3n) is 5.62. The highest BCUT2D eigenvalue weighted by Crippen LogP contribution is 2.39. The Morgan fingerprint density at radius 3 is 2.40 bits per heavy atom. The van der Waals surface area contributed by atoms with Gasteiger partial charge in [0.25, 0.3) is 0 Å². The molecule has 0 saturated carbocycles. The van der Waals surface area contributed by atoms with Gasteiger partial charge in [0.15, 0.2) is 0 Å². The molecule has 0 bridgehead atoms. The van der Waals surface area contributed by atoms with Crippen LogP contribution in [0.1, 0.15) is 6.42 Å². The average Bonchev–Trinajstić information content (AvgIpc) is 3.00. The second kappa shape index (κ2) is 6.28. The number of rotatable bonds is 3. The molecule has 1 atom stereocenters. The first kappa shape index (κ1) is 17.4. The second-order valence-electron chi connectivity index (χ2n) is 7.42. The Kier molecular flexibility index (Phi) is 4.36. The molecule has 3 aliphatic heterocycles. The highest BCUT2D eigenvalue weighted by molar-refractivity contribution is 7.89. The normalized spacial score (nSPS) is 28.3. The number of likely N-dealkylation sites (N-methyl/N-ethyl adjacent to an activating group) is 1. The second-order valence-corrected chi connectivity index (χ2v) is 9.36. The molecular formula is C17H24FN3O3S. The summed E-state index contributed by atoms with van der Waals surface area (Å²) in [5, 5.41) is 0. The molecule has 138 valence electrons. The molecule has 0 amide bonds. The van der Waals surface area contributed by atoms with Crippen molar-refractivity contribution in [2.75, 3.05) is 52.9 Å². The number of nitrogens with zero attached hydrogens (tertiary/aromatic N) is 3. The minimum atomic E-state index is -3.57. The van der Waals surface area contributed by atoms with Gasteiger partial charge in [0.2, 0.25) is 10.0 Å². The van der Waals surface area contributed by atoms with E-state index in [0.29, 0.717) is 25.7 Å². The van der Waals surface area contributed by atoms with Crippen molar-refractivity contribution in [1.29, 1.82) is 0 Å². The summed E-state index contributed by atoms with van der Waals surface area (Å²) in [6.45, 7) is 5.65. The largest absolute Gasteiger partial charge is 0.371 e. The summed E-state index contributed by atoms with van der Waals surface area (Å²) in [5.74, 6) is -0.437. The van der Waals surface area contributed by atoms with E-state index in [4.69, 9.17) is 4.74 Å². The van der Waals surface area contributed by atoms with E-state index in [-0.39, 0.29) is 10.5 Å². The van der Waals surface area contributed by atoms with Crippen molar-refractivity contribution in [3.63, 3.8) is 0 Å². The maximum atomic E-state index is 13.0. The van der Waals surface area contributed by atoms with Crippen LogP contribution in [0.25, 0.3) is 0 Å². The zero-order valence-electron chi connectivity index (χ0n) is 14.4. The maximum Gasteiger partial charge on any atom is 0.243 e. The van der Waals surface area contributed by atoms with Crippen molar-refractivity contribution in [3.8, 4) is 0 Å². The van der Waals surface area contributed by atoms with Crippen LogP contribution >= 0.6 is 0 Å². The Hall–Kier alpha value is -1.06. The molecule has 1 aromatic carbocycles. The summed E-state index contributed by atoms with van der Waals surface area (Å²) in [7, 11) is -1.43. The molecule has 3 aliphatic rings. The number of ether oxygens (including phenoxy) is 1. The first-order chi connectivity index (χ1) is 11.9. The Bertz CT molecular complexity index is 726. The molecule has 4 rings (SSSR count). The lowest BCUT2D eigenvalue weighted by Gasteiger charge is -2.46. The average molecular weight is 369 g/mol. The predicted molar refractivity (Wildman–Crippen MR) is 91.3 cm³/mol. The summed E-state index contributed by atoms with van der Waals surface area (Å²) >= 11 is 0. The zero-order valence-corrected chi connectivity index (χ0v) is 15.2. The molecule has 0 aliphatic carbocycles. The van der Waals surface area contributed by atoms with Crippen molar-refractivity contribution in [3.05, 3.63) is 30.1 Å². The fraction of sp³-hybridized carbons (Fsp3) is 0.647. The molecule has 25 heavy (non-hydrogen) atoms. The first-order valence-corrected chi connectivity index (χ1v) is 10.1. The minimum Gasteiger partial charge on any atom is -0.371 e. The van der Waals surface area contributed by atoms with Gasteiger partial charge in [-0.05, 0) is 37.7 Å². The molecule has 6 nitrogen and oxygen atoms in total. The Balaban J connectivity index is 1.37. The number of hydrogen-bond donors (Lipinski definition) is 0. The standard InChI is InChI=1S/C17H24FN3O3S/c1-19-6-8-20(9-7-19)15-10-17(24-11-15)12-21(13-17)25(22,23)16-4-2-14(18)3-5-16/h2-5,15H,6-13H2,1H3. The van der Waals surface area contributed by atoms with Crippen molar-refractivity contribution in [2.24, 2.45) is 0 Å². The summed E-state index contributed by atoms with van der Waals surface area (Å²) in [4.78, 5) is 4.92. The fourth-order valence-electron chi connectivity index (χ4n) is 3.98. The lowest BCUT2D eigenvalue weighted by Crippen LogP contribution is -2.63. The number of halogens is 1. The number of sulfonamides is 1. The van der Waals surface area contributed by atoms with Crippen molar-refractivity contribution in [2.45, 2.75) is 23.0 Å². The third-order valence-corrected chi connectivity index (χ3v) is 7.43. The van der Waals surface area contributed by atoms with Gasteiger partial charge in [0.1, 0.15) is 5.82 Å². The van der Waals surface area contributed by atoms with Gasteiger partial charge in [-0.25, -0.2) is 12.8 Å². The minimum absolute atomic E-state index is 0.136. The van der Waals surface area contributed by atoms with Crippen molar-refractivity contribution >= 4 is 10.0 Å². The van der Waals surface area contributed by atoms with Crippen molar-refractivity contribution in [1.82, 2.24) is 14.1 Å². The summed E-state index contributed by atoms with van der Waals surface area (Å²) < 4.78 is 45.7. The van der Waals surface area contributed by atoms with E-state index in [2.05, 4.69) is 16.8 Å². The first-order valence-electron chi connectivity index (χ1n) is 8.70. The van der Waals surface area contributed by atoms with Gasteiger partial charge in [-0.1, -0.05) is 0 Å². The highest BCUT2D eigenvalue weighted by atomic mass is 32.2. The topological polar surface area (TPSA) is 53.1 Å². The molecule has 1 spiro atoms. The van der Waals surface area contributed by atoms with Gasteiger partial charge < -0.3 is 9.64 Å².